The fourth-order valence-electron chi connectivity index (χ4n) is 4.37. The number of anilines is 2. The normalized spacial score (nSPS) is 14.2. The van der Waals surface area contributed by atoms with Crippen LogP contribution in [0.3, 0.4) is 0 Å². The van der Waals surface area contributed by atoms with Crippen LogP contribution in [0, 0.1) is 20.8 Å². The van der Waals surface area contributed by atoms with Crippen LogP contribution in [0.25, 0.3) is 11.3 Å². The second-order valence-electron chi connectivity index (χ2n) is 8.01. The van der Waals surface area contributed by atoms with E-state index < -0.39 is 0 Å². The largest absolute Gasteiger partial charge is 0.493 e. The third-order valence-electron chi connectivity index (χ3n) is 5.76. The van der Waals surface area contributed by atoms with Crippen molar-refractivity contribution in [3.63, 3.8) is 0 Å². The Morgan fingerprint density at radius 2 is 1.61 bits per heavy atom. The van der Waals surface area contributed by atoms with Gasteiger partial charge in [-0.3, -0.25) is 4.57 Å². The van der Waals surface area contributed by atoms with Gasteiger partial charge in [0.05, 0.1) is 19.9 Å². The number of aryl methyl sites for hydroxylation is 3. The van der Waals surface area contributed by atoms with E-state index in [1.807, 2.05) is 18.2 Å². The van der Waals surface area contributed by atoms with Gasteiger partial charge in [-0.15, -0.1) is 12.4 Å². The number of methoxy groups -OCH3 is 2. The molecule has 1 aliphatic rings. The first-order chi connectivity index (χ1) is 14.3. The average Bonchev–Trinajstić information content (AvgIpc) is 2.70. The van der Waals surface area contributed by atoms with Crippen LogP contribution in [0.2, 0.25) is 0 Å². The van der Waals surface area contributed by atoms with Gasteiger partial charge in [0, 0.05) is 29.8 Å². The minimum absolute atomic E-state index is 0. The maximum atomic E-state index is 12.9. The van der Waals surface area contributed by atoms with Crippen LogP contribution in [0.15, 0.2) is 35.1 Å². The Hall–Kier alpha value is -2.99. The number of halogens is 1. The lowest BCUT2D eigenvalue weighted by Gasteiger charge is -2.28. The van der Waals surface area contributed by atoms with Crippen molar-refractivity contribution in [3.8, 4) is 22.8 Å². The number of hydrogen-bond donors (Lipinski definition) is 1. The van der Waals surface area contributed by atoms with Crippen LogP contribution in [0.4, 0.5) is 11.5 Å². The maximum absolute atomic E-state index is 12.9. The van der Waals surface area contributed by atoms with Gasteiger partial charge in [0.25, 0.3) is 0 Å². The molecule has 0 saturated heterocycles. The second kappa shape index (κ2) is 8.63. The van der Waals surface area contributed by atoms with E-state index in [0.717, 1.165) is 33.6 Å². The van der Waals surface area contributed by atoms with Gasteiger partial charge < -0.3 is 14.8 Å². The van der Waals surface area contributed by atoms with Crippen molar-refractivity contribution in [1.82, 2.24) is 9.55 Å². The highest BCUT2D eigenvalue weighted by atomic mass is 35.5. The lowest BCUT2D eigenvalue weighted by Crippen LogP contribution is -2.30. The Kier molecular flexibility index (Phi) is 6.32. The maximum Gasteiger partial charge on any atom is 0.350 e. The van der Waals surface area contributed by atoms with Crippen molar-refractivity contribution >= 4 is 23.9 Å². The van der Waals surface area contributed by atoms with Crippen molar-refractivity contribution in [2.24, 2.45) is 0 Å². The van der Waals surface area contributed by atoms with Gasteiger partial charge in [-0.05, 0) is 49.6 Å². The molecule has 1 unspecified atom stereocenters. The molecule has 0 bridgehead atoms. The molecule has 0 spiro atoms. The number of hydrogen-bond acceptors (Lipinski definition) is 5. The molecule has 1 aromatic heterocycles. The second-order valence-corrected chi connectivity index (χ2v) is 8.01. The summed E-state index contributed by atoms with van der Waals surface area (Å²) in [5, 5.41) is 3.37. The van der Waals surface area contributed by atoms with E-state index in [-0.39, 0.29) is 24.0 Å². The number of aromatic nitrogens is 2. The van der Waals surface area contributed by atoms with Crippen LogP contribution in [-0.4, -0.2) is 23.8 Å². The zero-order valence-electron chi connectivity index (χ0n) is 18.7. The molecule has 164 valence electrons. The van der Waals surface area contributed by atoms with E-state index in [1.54, 1.807) is 18.8 Å². The van der Waals surface area contributed by atoms with E-state index in [4.69, 9.17) is 9.47 Å². The first-order valence-corrected chi connectivity index (χ1v) is 10.1. The molecule has 1 aliphatic heterocycles. The summed E-state index contributed by atoms with van der Waals surface area (Å²) >= 11 is 0. The summed E-state index contributed by atoms with van der Waals surface area (Å²) in [5.41, 5.74) is 7.09. The molecule has 0 saturated carbocycles. The van der Waals surface area contributed by atoms with Gasteiger partial charge >= 0.3 is 5.69 Å². The molecule has 0 fully saturated rings. The average molecular weight is 442 g/mol. The summed E-state index contributed by atoms with van der Waals surface area (Å²) in [6.07, 6.45) is 0. The van der Waals surface area contributed by atoms with Crippen molar-refractivity contribution in [3.05, 3.63) is 63.1 Å². The third-order valence-corrected chi connectivity index (χ3v) is 5.76. The summed E-state index contributed by atoms with van der Waals surface area (Å²) in [6.45, 7) is 8.87. The van der Waals surface area contributed by atoms with Crippen molar-refractivity contribution in [2.45, 2.75) is 40.2 Å². The topological polar surface area (TPSA) is 65.4 Å². The smallest absolute Gasteiger partial charge is 0.350 e. The number of rotatable bonds is 4. The fourth-order valence-corrected chi connectivity index (χ4v) is 4.37. The monoisotopic (exact) mass is 441 g/mol. The first kappa shape index (κ1) is 22.7. The zero-order valence-corrected chi connectivity index (χ0v) is 19.5. The molecule has 0 radical (unpaired) electrons. The van der Waals surface area contributed by atoms with Crippen LogP contribution in [0.1, 0.15) is 35.1 Å². The van der Waals surface area contributed by atoms with E-state index in [9.17, 15) is 4.79 Å². The Morgan fingerprint density at radius 3 is 2.23 bits per heavy atom. The van der Waals surface area contributed by atoms with Gasteiger partial charge in [-0.2, -0.15) is 4.98 Å². The highest BCUT2D eigenvalue weighted by Gasteiger charge is 2.26. The van der Waals surface area contributed by atoms with E-state index in [1.165, 1.54) is 5.56 Å². The Balaban J connectivity index is 0.00000272. The van der Waals surface area contributed by atoms with E-state index >= 15 is 0 Å². The predicted molar refractivity (Wildman–Crippen MR) is 127 cm³/mol. The highest BCUT2D eigenvalue weighted by molar-refractivity contribution is 5.85. The molecular formula is C24H28ClN3O3. The molecule has 7 heteroatoms. The third kappa shape index (κ3) is 4.00. The molecule has 31 heavy (non-hydrogen) atoms. The van der Waals surface area contributed by atoms with Gasteiger partial charge in [0.15, 0.2) is 11.5 Å². The summed E-state index contributed by atoms with van der Waals surface area (Å²) in [7, 11) is 3.25. The Labute approximate surface area is 188 Å². The standard InChI is InChI=1S/C24H27N3O3.ClH/c1-13-7-14(2)23(15(3)8-13)25-22-11-19-18-10-21(30-6)20(29-5)9-17(18)16(4)12-27(19)24(28)26-22;/h7-11,16H,12H2,1-6H3,(H,25,26,28);1H. The van der Waals surface area contributed by atoms with E-state index in [0.29, 0.717) is 23.9 Å². The minimum atomic E-state index is -0.260. The van der Waals surface area contributed by atoms with Gasteiger partial charge in [0.1, 0.15) is 5.82 Å². The summed E-state index contributed by atoms with van der Waals surface area (Å²) in [5.74, 6) is 2.03. The van der Waals surface area contributed by atoms with E-state index in [2.05, 4.69) is 50.1 Å². The molecule has 1 atom stereocenters. The van der Waals surface area contributed by atoms with Gasteiger partial charge in [-0.25, -0.2) is 4.79 Å². The molecule has 2 heterocycles. The highest BCUT2D eigenvalue weighted by Crippen LogP contribution is 2.42. The minimum Gasteiger partial charge on any atom is -0.493 e. The lowest BCUT2D eigenvalue weighted by molar-refractivity contribution is 0.354. The number of fused-ring (bicyclic) bond motifs is 3. The van der Waals surface area contributed by atoms with Crippen LogP contribution < -0.4 is 20.5 Å². The van der Waals surface area contributed by atoms with Crippen molar-refractivity contribution in [2.75, 3.05) is 19.5 Å². The predicted octanol–water partition coefficient (Wildman–Crippen LogP) is 5.14. The summed E-state index contributed by atoms with van der Waals surface area (Å²) in [4.78, 5) is 17.2. The Morgan fingerprint density at radius 1 is 1.00 bits per heavy atom. The number of nitrogens with one attached hydrogen (secondary N) is 1. The molecular weight excluding hydrogens is 414 g/mol. The quantitative estimate of drug-likeness (QED) is 0.607. The molecule has 3 aromatic rings. The molecule has 2 aromatic carbocycles. The number of nitrogens with zero attached hydrogens (tertiary/aromatic N) is 2. The van der Waals surface area contributed by atoms with Crippen molar-refractivity contribution in [1.29, 1.82) is 0 Å². The Bertz CT molecular complexity index is 1180. The van der Waals surface area contributed by atoms with Crippen LogP contribution in [0.5, 0.6) is 11.5 Å². The first-order valence-electron chi connectivity index (χ1n) is 10.1. The zero-order chi connectivity index (χ0) is 21.6. The van der Waals surface area contributed by atoms with Crippen LogP contribution >= 0.6 is 12.4 Å². The van der Waals surface area contributed by atoms with Crippen molar-refractivity contribution < 1.29 is 9.47 Å². The SMILES string of the molecule is COc1cc2c(cc1OC)C(C)Cn1c-2cc(Nc2c(C)cc(C)cc2C)nc1=O.Cl. The summed E-state index contributed by atoms with van der Waals surface area (Å²) < 4.78 is 12.7. The molecule has 6 nitrogen and oxygen atoms in total. The van der Waals surface area contributed by atoms with Crippen LogP contribution in [-0.2, 0) is 6.54 Å². The molecule has 1 N–H and O–H groups in total. The van der Waals surface area contributed by atoms with Gasteiger partial charge in [0.2, 0.25) is 0 Å². The van der Waals surface area contributed by atoms with Gasteiger partial charge in [-0.1, -0.05) is 24.6 Å². The summed E-state index contributed by atoms with van der Waals surface area (Å²) in [6, 6.07) is 10.1. The fraction of sp³-hybridized carbons (Fsp3) is 0.333. The molecule has 0 amide bonds. The molecule has 0 aliphatic carbocycles. The number of ether oxygens (including phenoxy) is 2. The lowest BCUT2D eigenvalue weighted by atomic mass is 9.89. The molecule has 4 rings (SSSR count). The number of benzene rings is 2.